The summed E-state index contributed by atoms with van der Waals surface area (Å²) in [4.78, 5) is 3.91. The molecule has 0 fully saturated rings. The van der Waals surface area contributed by atoms with Crippen molar-refractivity contribution in [2.45, 2.75) is 4.90 Å². The summed E-state index contributed by atoms with van der Waals surface area (Å²) in [5.74, 6) is 0.0825. The second-order valence-electron chi connectivity index (χ2n) is 3.40. The molecule has 0 saturated carbocycles. The van der Waals surface area contributed by atoms with Gasteiger partial charge in [-0.1, -0.05) is 29.3 Å². The number of hydrogen-bond acceptors (Lipinski definition) is 3. The number of benzene rings is 1. The third-order valence-corrected chi connectivity index (χ3v) is 3.97. The average molecular weight is 303 g/mol. The molecule has 1 aromatic carbocycles. The molecule has 0 atom stereocenters. The van der Waals surface area contributed by atoms with Crippen molar-refractivity contribution in [3.8, 4) is 0 Å². The molecule has 0 aliphatic carbocycles. The lowest BCUT2D eigenvalue weighted by Gasteiger charge is -2.08. The van der Waals surface area contributed by atoms with Gasteiger partial charge in [0.05, 0.1) is 9.92 Å². The summed E-state index contributed by atoms with van der Waals surface area (Å²) in [6.45, 7) is 0. The molecule has 4 nitrogen and oxygen atoms in total. The Morgan fingerprint density at radius 2 is 1.89 bits per heavy atom. The second kappa shape index (κ2) is 5.14. The van der Waals surface area contributed by atoms with Gasteiger partial charge in [-0.2, -0.15) is 0 Å². The van der Waals surface area contributed by atoms with Crippen LogP contribution in [0.1, 0.15) is 0 Å². The van der Waals surface area contributed by atoms with Crippen molar-refractivity contribution in [3.05, 3.63) is 52.6 Å². The first-order valence-electron chi connectivity index (χ1n) is 4.88. The molecule has 0 amide bonds. The number of rotatable bonds is 3. The molecule has 1 N–H and O–H groups in total. The Morgan fingerprint density at radius 1 is 1.11 bits per heavy atom. The first kappa shape index (κ1) is 13.1. The number of nitrogens with zero attached hydrogens (tertiary/aromatic N) is 1. The van der Waals surface area contributed by atoms with Gasteiger partial charge in [0.1, 0.15) is 0 Å². The molecule has 0 bridgehead atoms. The number of halogens is 2. The van der Waals surface area contributed by atoms with Crippen LogP contribution in [-0.2, 0) is 10.0 Å². The van der Waals surface area contributed by atoms with Gasteiger partial charge in [0.25, 0.3) is 10.0 Å². The van der Waals surface area contributed by atoms with Crippen LogP contribution in [0.15, 0.2) is 47.5 Å². The SMILES string of the molecule is O=S(=O)(Nc1ncccc1Cl)c1cccc(Cl)c1. The van der Waals surface area contributed by atoms with Crippen molar-refractivity contribution < 1.29 is 8.42 Å². The highest BCUT2D eigenvalue weighted by atomic mass is 35.5. The van der Waals surface area contributed by atoms with Gasteiger partial charge in [0.2, 0.25) is 0 Å². The van der Waals surface area contributed by atoms with Crippen LogP contribution in [0.5, 0.6) is 0 Å². The molecule has 1 heterocycles. The van der Waals surface area contributed by atoms with Gasteiger partial charge in [-0.25, -0.2) is 13.4 Å². The summed E-state index contributed by atoms with van der Waals surface area (Å²) in [6, 6.07) is 9.08. The monoisotopic (exact) mass is 302 g/mol. The first-order valence-corrected chi connectivity index (χ1v) is 7.12. The van der Waals surface area contributed by atoms with Crippen molar-refractivity contribution in [3.63, 3.8) is 0 Å². The normalized spacial score (nSPS) is 11.2. The zero-order chi connectivity index (χ0) is 13.2. The molecule has 0 aliphatic rings. The van der Waals surface area contributed by atoms with Gasteiger partial charge in [-0.05, 0) is 30.3 Å². The van der Waals surface area contributed by atoms with E-state index in [0.717, 1.165) is 0 Å². The Morgan fingerprint density at radius 3 is 2.56 bits per heavy atom. The van der Waals surface area contributed by atoms with E-state index in [0.29, 0.717) is 5.02 Å². The number of sulfonamides is 1. The summed E-state index contributed by atoms with van der Waals surface area (Å²) in [7, 11) is -3.74. The van der Waals surface area contributed by atoms with E-state index in [4.69, 9.17) is 23.2 Å². The summed E-state index contributed by atoms with van der Waals surface area (Å²) in [6.07, 6.45) is 1.45. The molecule has 0 radical (unpaired) electrons. The van der Waals surface area contributed by atoms with Crippen LogP contribution in [-0.4, -0.2) is 13.4 Å². The molecular weight excluding hydrogens is 295 g/mol. The number of anilines is 1. The zero-order valence-electron chi connectivity index (χ0n) is 8.97. The number of hydrogen-bond donors (Lipinski definition) is 1. The lowest BCUT2D eigenvalue weighted by atomic mass is 10.4. The third kappa shape index (κ3) is 2.93. The molecular formula is C11H8Cl2N2O2S. The van der Waals surface area contributed by atoms with Crippen molar-refractivity contribution in [1.82, 2.24) is 4.98 Å². The van der Waals surface area contributed by atoms with Gasteiger partial charge in [0, 0.05) is 11.2 Å². The van der Waals surface area contributed by atoms with E-state index in [1.54, 1.807) is 24.3 Å². The Hall–Kier alpha value is -1.30. The Labute approximate surface area is 115 Å². The smallest absolute Gasteiger partial charge is 0.262 e. The van der Waals surface area contributed by atoms with E-state index in [1.165, 1.54) is 18.3 Å². The number of nitrogens with one attached hydrogen (secondary N) is 1. The highest BCUT2D eigenvalue weighted by Crippen LogP contribution is 2.22. The van der Waals surface area contributed by atoms with Gasteiger partial charge in [0.15, 0.2) is 5.82 Å². The fourth-order valence-corrected chi connectivity index (χ4v) is 2.84. The molecule has 18 heavy (non-hydrogen) atoms. The quantitative estimate of drug-likeness (QED) is 0.947. The van der Waals surface area contributed by atoms with Crippen molar-refractivity contribution in [1.29, 1.82) is 0 Å². The van der Waals surface area contributed by atoms with Gasteiger partial charge >= 0.3 is 0 Å². The molecule has 0 spiro atoms. The first-order chi connectivity index (χ1) is 8.49. The molecule has 0 saturated heterocycles. The van der Waals surface area contributed by atoms with E-state index in [-0.39, 0.29) is 15.7 Å². The van der Waals surface area contributed by atoms with Crippen LogP contribution in [0.4, 0.5) is 5.82 Å². The lowest BCUT2D eigenvalue weighted by molar-refractivity contribution is 0.601. The fourth-order valence-electron chi connectivity index (χ4n) is 1.28. The van der Waals surface area contributed by atoms with E-state index < -0.39 is 10.0 Å². The second-order valence-corrected chi connectivity index (χ2v) is 5.92. The molecule has 0 unspecified atom stereocenters. The van der Waals surface area contributed by atoms with E-state index in [9.17, 15) is 8.42 Å². The van der Waals surface area contributed by atoms with E-state index in [1.807, 2.05) is 0 Å². The molecule has 7 heteroatoms. The van der Waals surface area contributed by atoms with Crippen LogP contribution in [0.2, 0.25) is 10.0 Å². The molecule has 94 valence electrons. The van der Waals surface area contributed by atoms with E-state index >= 15 is 0 Å². The minimum Gasteiger partial charge on any atom is -0.262 e. The van der Waals surface area contributed by atoms with Gasteiger partial charge in [-0.3, -0.25) is 4.72 Å². The summed E-state index contributed by atoms with van der Waals surface area (Å²) in [5.41, 5.74) is 0. The van der Waals surface area contributed by atoms with Crippen LogP contribution < -0.4 is 4.72 Å². The fraction of sp³-hybridized carbons (Fsp3) is 0. The highest BCUT2D eigenvalue weighted by molar-refractivity contribution is 7.92. The minimum absolute atomic E-state index is 0.0525. The Balaban J connectivity index is 2.37. The maximum atomic E-state index is 12.0. The number of aromatic nitrogens is 1. The Kier molecular flexibility index (Phi) is 3.75. The van der Waals surface area contributed by atoms with Crippen molar-refractivity contribution in [2.24, 2.45) is 0 Å². The molecule has 2 aromatic rings. The van der Waals surface area contributed by atoms with Gasteiger partial charge in [-0.15, -0.1) is 0 Å². The van der Waals surface area contributed by atoms with Crippen LogP contribution in [0, 0.1) is 0 Å². The Bertz CT molecular complexity index is 674. The standard InChI is InChI=1S/C11H8Cl2N2O2S/c12-8-3-1-4-9(7-8)18(16,17)15-11-10(13)5-2-6-14-11/h1-7H,(H,14,15). The topological polar surface area (TPSA) is 59.1 Å². The predicted molar refractivity (Wildman–Crippen MR) is 71.5 cm³/mol. The maximum Gasteiger partial charge on any atom is 0.263 e. The molecule has 2 rings (SSSR count). The summed E-state index contributed by atoms with van der Waals surface area (Å²) < 4.78 is 26.4. The number of pyridine rings is 1. The molecule has 0 aliphatic heterocycles. The summed E-state index contributed by atoms with van der Waals surface area (Å²) >= 11 is 11.6. The lowest BCUT2D eigenvalue weighted by Crippen LogP contribution is -2.14. The largest absolute Gasteiger partial charge is 0.263 e. The van der Waals surface area contributed by atoms with E-state index in [2.05, 4.69) is 9.71 Å². The van der Waals surface area contributed by atoms with Gasteiger partial charge < -0.3 is 0 Å². The highest BCUT2D eigenvalue weighted by Gasteiger charge is 2.16. The summed E-state index contributed by atoms with van der Waals surface area (Å²) in [5, 5.41) is 0.563. The van der Waals surface area contributed by atoms with Crippen molar-refractivity contribution in [2.75, 3.05) is 4.72 Å². The zero-order valence-corrected chi connectivity index (χ0v) is 11.3. The minimum atomic E-state index is -3.74. The van der Waals surface area contributed by atoms with Crippen LogP contribution in [0.25, 0.3) is 0 Å². The van der Waals surface area contributed by atoms with Crippen molar-refractivity contribution >= 4 is 39.0 Å². The predicted octanol–water partition coefficient (Wildman–Crippen LogP) is 3.19. The van der Waals surface area contributed by atoms with Crippen LogP contribution in [0.3, 0.4) is 0 Å². The average Bonchev–Trinajstić information content (AvgIpc) is 2.32. The maximum absolute atomic E-state index is 12.0. The van der Waals surface area contributed by atoms with Crippen LogP contribution >= 0.6 is 23.2 Å². The molecule has 1 aromatic heterocycles. The third-order valence-electron chi connectivity index (χ3n) is 2.10.